The number of carbonyl (C=O) groups is 1. The van der Waals surface area contributed by atoms with Crippen LogP contribution in [0.15, 0.2) is 79.3 Å². The van der Waals surface area contributed by atoms with Gasteiger partial charge in [-0.1, -0.05) is 23.7 Å². The minimum absolute atomic E-state index is 0.00465. The first-order valence-electron chi connectivity index (χ1n) is 18.5. The van der Waals surface area contributed by atoms with E-state index in [0.717, 1.165) is 5.69 Å². The van der Waals surface area contributed by atoms with Crippen molar-refractivity contribution in [3.05, 3.63) is 124 Å². The van der Waals surface area contributed by atoms with E-state index in [0.29, 0.717) is 42.1 Å². The molecule has 1 aliphatic carbocycles. The van der Waals surface area contributed by atoms with E-state index in [-0.39, 0.29) is 76.6 Å². The van der Waals surface area contributed by atoms with Gasteiger partial charge in [0, 0.05) is 64.6 Å². The predicted molar refractivity (Wildman–Crippen MR) is 204 cm³/mol. The molecule has 15 heteroatoms. The standard InChI is InChI=1S/C41H39ClF4N8O2/c1-3-53-21-47-18-28(53)19-54-37-10-9-27(48-41(55)25-11-29-22(2)51-52-40(29)34(46)14-25)16-36(37)49-38(54)17-30-32(44)12-24(13-33(30)45)35-5-4-6-39(50-35)56-20-23-7-8-26(42)15-31(23)43/h4-10,12-13,15-16,18,21-22,25,29,34,40,51-52H,3,11,14,17,19-20H2,1-2H3,(H,48,55). The first-order valence-corrected chi connectivity index (χ1v) is 18.9. The van der Waals surface area contributed by atoms with Crippen molar-refractivity contribution in [1.29, 1.82) is 0 Å². The molecule has 1 aliphatic heterocycles. The molecule has 5 unspecified atom stereocenters. The molecule has 3 N–H and O–H groups in total. The lowest BCUT2D eigenvalue weighted by Gasteiger charge is -2.34. The number of nitrogens with zero attached hydrogens (tertiary/aromatic N) is 5. The lowest BCUT2D eigenvalue weighted by molar-refractivity contribution is -0.122. The molecule has 3 aromatic heterocycles. The molecule has 0 bridgehead atoms. The number of aryl methyl sites for hydroxylation is 1. The van der Waals surface area contributed by atoms with Gasteiger partial charge < -0.3 is 19.2 Å². The van der Waals surface area contributed by atoms with Gasteiger partial charge in [-0.15, -0.1) is 0 Å². The molecular formula is C41H39ClF4N8O2. The van der Waals surface area contributed by atoms with Crippen LogP contribution in [-0.2, 0) is 30.9 Å². The number of pyridine rings is 1. The van der Waals surface area contributed by atoms with Gasteiger partial charge in [0.1, 0.15) is 36.1 Å². The number of hydrogen-bond donors (Lipinski definition) is 3. The highest BCUT2D eigenvalue weighted by Gasteiger charge is 2.46. The lowest BCUT2D eigenvalue weighted by atomic mass is 9.75. The average Bonchev–Trinajstić information content (AvgIpc) is 3.89. The number of imidazole rings is 2. The molecule has 5 atom stereocenters. The summed E-state index contributed by atoms with van der Waals surface area (Å²) in [6.45, 7) is 4.85. The van der Waals surface area contributed by atoms with Crippen molar-refractivity contribution < 1.29 is 27.1 Å². The summed E-state index contributed by atoms with van der Waals surface area (Å²) in [7, 11) is 0. The van der Waals surface area contributed by atoms with Crippen LogP contribution in [0.5, 0.6) is 5.88 Å². The minimum Gasteiger partial charge on any atom is -0.473 e. The van der Waals surface area contributed by atoms with Gasteiger partial charge >= 0.3 is 0 Å². The fraction of sp³-hybridized carbons (Fsp3) is 0.317. The first kappa shape index (κ1) is 37.6. The van der Waals surface area contributed by atoms with E-state index < -0.39 is 29.5 Å². The number of hydrogen-bond acceptors (Lipinski definition) is 7. The van der Waals surface area contributed by atoms with E-state index in [1.807, 2.05) is 29.0 Å². The van der Waals surface area contributed by atoms with Crippen molar-refractivity contribution >= 4 is 34.2 Å². The van der Waals surface area contributed by atoms with Gasteiger partial charge in [0.25, 0.3) is 0 Å². The van der Waals surface area contributed by atoms with Crippen LogP contribution in [0.25, 0.3) is 22.3 Å². The van der Waals surface area contributed by atoms with Gasteiger partial charge in [0.05, 0.1) is 41.3 Å². The maximum absolute atomic E-state index is 15.9. The number of halogens is 5. The molecule has 8 rings (SSSR count). The maximum Gasteiger partial charge on any atom is 0.227 e. The molecule has 3 aromatic carbocycles. The third-order valence-electron chi connectivity index (χ3n) is 10.8. The number of rotatable bonds is 11. The summed E-state index contributed by atoms with van der Waals surface area (Å²) in [6, 6.07) is 16.5. The number of ether oxygens (including phenoxy) is 1. The number of benzene rings is 3. The summed E-state index contributed by atoms with van der Waals surface area (Å²) < 4.78 is 70.7. The van der Waals surface area contributed by atoms with Crippen LogP contribution >= 0.6 is 11.6 Å². The average molecular weight is 787 g/mol. The highest BCUT2D eigenvalue weighted by Crippen LogP contribution is 2.37. The summed E-state index contributed by atoms with van der Waals surface area (Å²) in [5.41, 5.74) is 9.23. The largest absolute Gasteiger partial charge is 0.473 e. The normalized spacial score (nSPS) is 20.7. The maximum atomic E-state index is 15.9. The van der Waals surface area contributed by atoms with Crippen molar-refractivity contribution in [2.24, 2.45) is 11.8 Å². The minimum atomic E-state index is -1.15. The Morgan fingerprint density at radius 2 is 1.82 bits per heavy atom. The van der Waals surface area contributed by atoms with Crippen LogP contribution in [0, 0.1) is 29.3 Å². The van der Waals surface area contributed by atoms with Crippen LogP contribution in [0.3, 0.4) is 0 Å². The molecule has 0 radical (unpaired) electrons. The monoisotopic (exact) mass is 786 g/mol. The molecule has 1 saturated heterocycles. The molecule has 290 valence electrons. The van der Waals surface area contributed by atoms with Crippen molar-refractivity contribution in [2.75, 3.05) is 5.32 Å². The number of nitrogens with one attached hydrogen (secondary N) is 3. The van der Waals surface area contributed by atoms with Gasteiger partial charge in [-0.2, -0.15) is 0 Å². The number of fused-ring (bicyclic) bond motifs is 2. The summed E-state index contributed by atoms with van der Waals surface area (Å²) >= 11 is 5.85. The summed E-state index contributed by atoms with van der Waals surface area (Å²) in [5, 5.41) is 3.22. The van der Waals surface area contributed by atoms with E-state index in [1.54, 1.807) is 48.9 Å². The van der Waals surface area contributed by atoms with Gasteiger partial charge in [-0.3, -0.25) is 15.6 Å². The van der Waals surface area contributed by atoms with Gasteiger partial charge in [-0.05, 0) is 81.1 Å². The summed E-state index contributed by atoms with van der Waals surface area (Å²) in [4.78, 5) is 26.9. The number of alkyl halides is 1. The number of anilines is 1. The second-order valence-electron chi connectivity index (χ2n) is 14.4. The molecule has 2 fully saturated rings. The highest BCUT2D eigenvalue weighted by molar-refractivity contribution is 6.30. The SMILES string of the molecule is CCn1cncc1Cn1c(Cc2c(F)cc(-c3cccc(OCc4ccc(Cl)cc4F)n3)cc2F)nc2cc(NC(=O)C3CC(F)C4NNC(C)C4C3)ccc21. The quantitative estimate of drug-likeness (QED) is 0.115. The molecule has 6 aromatic rings. The number of hydrazine groups is 1. The van der Waals surface area contributed by atoms with E-state index >= 15 is 13.2 Å². The van der Waals surface area contributed by atoms with Crippen LogP contribution < -0.4 is 20.9 Å². The third-order valence-corrected chi connectivity index (χ3v) is 11.1. The second kappa shape index (κ2) is 15.7. The smallest absolute Gasteiger partial charge is 0.227 e. The van der Waals surface area contributed by atoms with Crippen LogP contribution in [0.2, 0.25) is 5.02 Å². The Balaban J connectivity index is 1.05. The predicted octanol–water partition coefficient (Wildman–Crippen LogP) is 7.77. The fourth-order valence-corrected chi connectivity index (χ4v) is 7.94. The highest BCUT2D eigenvalue weighted by atomic mass is 35.5. The summed E-state index contributed by atoms with van der Waals surface area (Å²) in [6.07, 6.45) is 2.81. The molecule has 2 aliphatic rings. The molecule has 0 spiro atoms. The Morgan fingerprint density at radius 3 is 2.61 bits per heavy atom. The zero-order valence-electron chi connectivity index (χ0n) is 30.6. The molecule has 56 heavy (non-hydrogen) atoms. The van der Waals surface area contributed by atoms with Gasteiger partial charge in [0.15, 0.2) is 0 Å². The van der Waals surface area contributed by atoms with Gasteiger partial charge in [0.2, 0.25) is 11.8 Å². The van der Waals surface area contributed by atoms with Gasteiger partial charge in [-0.25, -0.2) is 32.5 Å². The van der Waals surface area contributed by atoms with Crippen LogP contribution in [0.4, 0.5) is 23.2 Å². The van der Waals surface area contributed by atoms with E-state index in [2.05, 4.69) is 26.1 Å². The van der Waals surface area contributed by atoms with E-state index in [4.69, 9.17) is 21.3 Å². The molecule has 10 nitrogen and oxygen atoms in total. The first-order chi connectivity index (χ1) is 27.0. The van der Waals surface area contributed by atoms with Crippen molar-refractivity contribution in [1.82, 2.24) is 34.9 Å². The zero-order chi connectivity index (χ0) is 39.1. The Kier molecular flexibility index (Phi) is 10.5. The molecule has 4 heterocycles. The Bertz CT molecular complexity index is 2400. The van der Waals surface area contributed by atoms with Crippen LogP contribution in [-0.4, -0.2) is 48.2 Å². The topological polar surface area (TPSA) is 111 Å². The second-order valence-corrected chi connectivity index (χ2v) is 14.8. The Labute approximate surface area is 325 Å². The Hall–Kier alpha value is -5.31. The lowest BCUT2D eigenvalue weighted by Crippen LogP contribution is -2.46. The summed E-state index contributed by atoms with van der Waals surface area (Å²) in [5.74, 6) is -2.31. The molecule has 1 saturated carbocycles. The number of carbonyl (C=O) groups excluding carboxylic acids is 1. The van der Waals surface area contributed by atoms with E-state index in [1.165, 1.54) is 24.3 Å². The third kappa shape index (κ3) is 7.60. The Morgan fingerprint density at radius 1 is 1.00 bits per heavy atom. The van der Waals surface area contributed by atoms with Crippen molar-refractivity contribution in [3.8, 4) is 17.1 Å². The number of aromatic nitrogens is 5. The number of amides is 1. The fourth-order valence-electron chi connectivity index (χ4n) is 7.78. The van der Waals surface area contributed by atoms with E-state index in [9.17, 15) is 9.18 Å². The molecule has 1 amide bonds. The molecular weight excluding hydrogens is 748 g/mol. The van der Waals surface area contributed by atoms with Crippen molar-refractivity contribution in [3.63, 3.8) is 0 Å². The van der Waals surface area contributed by atoms with Crippen molar-refractivity contribution in [2.45, 2.75) is 71.1 Å². The zero-order valence-corrected chi connectivity index (χ0v) is 31.3. The van der Waals surface area contributed by atoms with Crippen LogP contribution in [0.1, 0.15) is 49.3 Å².